The van der Waals surface area contributed by atoms with Gasteiger partial charge in [-0.1, -0.05) is 6.42 Å². The molecule has 0 aromatic rings. The lowest BCUT2D eigenvalue weighted by Crippen LogP contribution is -2.31. The predicted molar refractivity (Wildman–Crippen MR) is 51.4 cm³/mol. The molecule has 0 spiro atoms. The smallest absolute Gasteiger partial charge is 0.0285 e. The largest absolute Gasteiger partial charge is 0.336 e. The second-order valence-electron chi connectivity index (χ2n) is 3.79. The van der Waals surface area contributed by atoms with Crippen molar-refractivity contribution in [2.24, 2.45) is 11.7 Å². The summed E-state index contributed by atoms with van der Waals surface area (Å²) >= 11 is 0. The van der Waals surface area contributed by atoms with Crippen LogP contribution in [0.4, 0.5) is 0 Å². The summed E-state index contributed by atoms with van der Waals surface area (Å²) in [5, 5.41) is 0. The zero-order chi connectivity index (χ0) is 8.97. The highest BCUT2D eigenvalue weighted by Gasteiger charge is 2.18. The van der Waals surface area contributed by atoms with Gasteiger partial charge in [0, 0.05) is 25.7 Å². The van der Waals surface area contributed by atoms with E-state index in [4.69, 9.17) is 12.2 Å². The van der Waals surface area contributed by atoms with Gasteiger partial charge in [-0.25, -0.2) is 0 Å². The normalized spacial score (nSPS) is 29.4. The highest BCUT2D eigenvalue weighted by Crippen LogP contribution is 2.23. The van der Waals surface area contributed by atoms with Crippen LogP contribution in [0.3, 0.4) is 0 Å². The second kappa shape index (κ2) is 4.37. The first kappa shape index (κ1) is 9.41. The fourth-order valence-corrected chi connectivity index (χ4v) is 1.81. The van der Waals surface area contributed by atoms with Crippen LogP contribution in [0.15, 0.2) is 0 Å². The van der Waals surface area contributed by atoms with Gasteiger partial charge >= 0.3 is 0 Å². The van der Waals surface area contributed by atoms with E-state index in [1.54, 1.807) is 0 Å². The predicted octanol–water partition coefficient (Wildman–Crippen LogP) is 1.03. The molecule has 12 heavy (non-hydrogen) atoms. The van der Waals surface area contributed by atoms with Crippen LogP contribution >= 0.6 is 0 Å². The molecule has 0 bridgehead atoms. The van der Waals surface area contributed by atoms with Gasteiger partial charge in [0.15, 0.2) is 0 Å². The Balaban J connectivity index is 2.22. The average molecular weight is 166 g/mol. The van der Waals surface area contributed by atoms with Crippen molar-refractivity contribution < 1.29 is 0 Å². The molecule has 68 valence electrons. The van der Waals surface area contributed by atoms with E-state index in [1.165, 1.54) is 25.7 Å². The third kappa shape index (κ3) is 2.75. The fourth-order valence-electron chi connectivity index (χ4n) is 1.81. The molecule has 1 rings (SSSR count). The van der Waals surface area contributed by atoms with Gasteiger partial charge in [0.25, 0.3) is 0 Å². The van der Waals surface area contributed by atoms with Gasteiger partial charge in [-0.15, -0.1) is 0 Å². The molecule has 0 atom stereocenters. The van der Waals surface area contributed by atoms with Gasteiger partial charge < -0.3 is 10.6 Å². The summed E-state index contributed by atoms with van der Waals surface area (Å²) in [5.74, 6) is 0.769. The molecular weight excluding hydrogens is 148 g/mol. The molecule has 1 aliphatic rings. The van der Waals surface area contributed by atoms with E-state index in [-0.39, 0.29) is 0 Å². The lowest BCUT2D eigenvalue weighted by Gasteiger charge is -2.28. The van der Waals surface area contributed by atoms with Crippen LogP contribution in [0.2, 0.25) is 0 Å². The van der Waals surface area contributed by atoms with E-state index < -0.39 is 0 Å². The van der Waals surface area contributed by atoms with Gasteiger partial charge in [-0.05, 0) is 31.6 Å². The van der Waals surface area contributed by atoms with Crippen LogP contribution in [0, 0.1) is 18.4 Å². The number of nitrogens with zero attached hydrogens (tertiary/aromatic N) is 1. The highest BCUT2D eigenvalue weighted by atomic mass is 15.1. The van der Waals surface area contributed by atoms with Crippen LogP contribution in [0.25, 0.3) is 0 Å². The number of nitrogens with two attached hydrogens (primary N) is 1. The van der Waals surface area contributed by atoms with Gasteiger partial charge in [0.05, 0.1) is 0 Å². The maximum atomic E-state index is 5.81. The summed E-state index contributed by atoms with van der Waals surface area (Å²) in [6.45, 7) is 1.03. The molecular formula is C10H18N2. The van der Waals surface area contributed by atoms with Crippen molar-refractivity contribution in [3.8, 4) is 12.5 Å². The van der Waals surface area contributed by atoms with Crippen molar-refractivity contribution in [1.82, 2.24) is 4.90 Å². The molecule has 0 unspecified atom stereocenters. The van der Waals surface area contributed by atoms with Crippen molar-refractivity contribution in [2.45, 2.75) is 31.7 Å². The molecule has 0 aromatic heterocycles. The molecule has 2 heteroatoms. The van der Waals surface area contributed by atoms with E-state index in [0.29, 0.717) is 6.04 Å². The summed E-state index contributed by atoms with van der Waals surface area (Å²) < 4.78 is 0. The molecule has 0 heterocycles. The summed E-state index contributed by atoms with van der Waals surface area (Å²) in [6, 6.07) is 3.07. The van der Waals surface area contributed by atoms with Gasteiger partial charge in [-0.3, -0.25) is 0 Å². The zero-order valence-electron chi connectivity index (χ0n) is 7.79. The zero-order valence-corrected chi connectivity index (χ0v) is 7.79. The van der Waals surface area contributed by atoms with Crippen LogP contribution in [-0.2, 0) is 0 Å². The number of terminal acetylenes is 1. The van der Waals surface area contributed by atoms with E-state index in [0.717, 1.165) is 12.5 Å². The highest BCUT2D eigenvalue weighted by molar-refractivity contribution is 4.85. The van der Waals surface area contributed by atoms with E-state index in [9.17, 15) is 0 Å². The molecule has 0 saturated heterocycles. The SMILES string of the molecule is C#CN(C)CC1CCC(N)CC1. The topological polar surface area (TPSA) is 29.3 Å². The second-order valence-corrected chi connectivity index (χ2v) is 3.79. The Morgan fingerprint density at radius 3 is 2.50 bits per heavy atom. The third-order valence-electron chi connectivity index (χ3n) is 2.64. The fraction of sp³-hybridized carbons (Fsp3) is 0.800. The Labute approximate surface area is 75.1 Å². The molecule has 1 fully saturated rings. The Hall–Kier alpha value is -0.680. The van der Waals surface area contributed by atoms with Crippen molar-refractivity contribution in [1.29, 1.82) is 0 Å². The first-order valence-corrected chi connectivity index (χ1v) is 4.65. The molecule has 0 aromatic carbocycles. The summed E-state index contributed by atoms with van der Waals surface area (Å²) in [7, 11) is 1.97. The standard InChI is InChI=1S/C10H18N2/c1-3-12(2)8-9-4-6-10(11)7-5-9/h1,9-10H,4-8,11H2,2H3. The summed E-state index contributed by atoms with van der Waals surface area (Å²) in [5.41, 5.74) is 5.81. The van der Waals surface area contributed by atoms with Gasteiger partial charge in [0.2, 0.25) is 0 Å². The van der Waals surface area contributed by atoms with Crippen LogP contribution in [0.1, 0.15) is 25.7 Å². The first-order chi connectivity index (χ1) is 5.72. The lowest BCUT2D eigenvalue weighted by molar-refractivity contribution is 0.272. The monoisotopic (exact) mass is 166 g/mol. The maximum Gasteiger partial charge on any atom is 0.0285 e. The lowest BCUT2D eigenvalue weighted by atomic mass is 9.86. The van der Waals surface area contributed by atoms with Crippen LogP contribution < -0.4 is 5.73 Å². The average Bonchev–Trinajstić information content (AvgIpc) is 2.09. The van der Waals surface area contributed by atoms with Crippen molar-refractivity contribution in [2.75, 3.05) is 13.6 Å². The maximum absolute atomic E-state index is 5.81. The van der Waals surface area contributed by atoms with Crippen molar-refractivity contribution in [3.63, 3.8) is 0 Å². The minimum atomic E-state index is 0.442. The van der Waals surface area contributed by atoms with Crippen LogP contribution in [0.5, 0.6) is 0 Å². The van der Waals surface area contributed by atoms with E-state index >= 15 is 0 Å². The Morgan fingerprint density at radius 1 is 1.42 bits per heavy atom. The molecule has 1 saturated carbocycles. The minimum absolute atomic E-state index is 0.442. The number of hydrogen-bond acceptors (Lipinski definition) is 2. The first-order valence-electron chi connectivity index (χ1n) is 4.65. The molecule has 2 nitrogen and oxygen atoms in total. The van der Waals surface area contributed by atoms with Crippen molar-refractivity contribution >= 4 is 0 Å². The van der Waals surface area contributed by atoms with Gasteiger partial charge in [-0.2, -0.15) is 0 Å². The minimum Gasteiger partial charge on any atom is -0.336 e. The van der Waals surface area contributed by atoms with Gasteiger partial charge in [0.1, 0.15) is 0 Å². The third-order valence-corrected chi connectivity index (χ3v) is 2.64. The van der Waals surface area contributed by atoms with E-state index in [1.807, 2.05) is 11.9 Å². The molecule has 0 aliphatic heterocycles. The Kier molecular flexibility index (Phi) is 3.43. The Bertz CT molecular complexity index is 163. The quantitative estimate of drug-likeness (QED) is 0.490. The molecule has 1 aliphatic carbocycles. The Morgan fingerprint density at radius 2 is 2.00 bits per heavy atom. The number of hydrogen-bond donors (Lipinski definition) is 1. The summed E-state index contributed by atoms with van der Waals surface area (Å²) in [6.07, 6.45) is 10.1. The molecule has 0 amide bonds. The number of rotatable bonds is 2. The van der Waals surface area contributed by atoms with E-state index in [2.05, 4.69) is 6.04 Å². The molecule has 2 N–H and O–H groups in total. The summed E-state index contributed by atoms with van der Waals surface area (Å²) in [4.78, 5) is 1.93. The molecule has 0 radical (unpaired) electrons. The van der Waals surface area contributed by atoms with Crippen molar-refractivity contribution in [3.05, 3.63) is 0 Å². The van der Waals surface area contributed by atoms with Crippen LogP contribution in [-0.4, -0.2) is 24.5 Å².